The highest BCUT2D eigenvalue weighted by Crippen LogP contribution is 2.26. The highest BCUT2D eigenvalue weighted by molar-refractivity contribution is 7.11. The average Bonchev–Trinajstić information content (AvgIpc) is 2.81. The lowest BCUT2D eigenvalue weighted by Gasteiger charge is -2.19. The largest absolute Gasteiger partial charge is 0.351 e. The third-order valence-electron chi connectivity index (χ3n) is 3.42. The summed E-state index contributed by atoms with van der Waals surface area (Å²) < 4.78 is 0. The first-order chi connectivity index (χ1) is 10.9. The van der Waals surface area contributed by atoms with Gasteiger partial charge >= 0.3 is 0 Å². The normalized spacial score (nSPS) is 13.0. The van der Waals surface area contributed by atoms with E-state index in [0.29, 0.717) is 22.5 Å². The summed E-state index contributed by atoms with van der Waals surface area (Å²) >= 11 is 13.9. The Morgan fingerprint density at radius 3 is 2.65 bits per heavy atom. The summed E-state index contributed by atoms with van der Waals surface area (Å²) in [7, 11) is 1.75. The van der Waals surface area contributed by atoms with Crippen LogP contribution in [0.1, 0.15) is 34.1 Å². The highest BCUT2D eigenvalue weighted by Gasteiger charge is 2.12. The first-order valence-electron chi connectivity index (χ1n) is 7.25. The van der Waals surface area contributed by atoms with Gasteiger partial charge in [0.15, 0.2) is 5.96 Å². The zero-order chi connectivity index (χ0) is 17.0. The molecule has 0 aliphatic rings. The summed E-state index contributed by atoms with van der Waals surface area (Å²) in [6.45, 7) is 6.76. The van der Waals surface area contributed by atoms with E-state index in [9.17, 15) is 0 Å². The molecule has 124 valence electrons. The Morgan fingerprint density at radius 2 is 2.09 bits per heavy atom. The lowest BCUT2D eigenvalue weighted by Crippen LogP contribution is -2.38. The first kappa shape index (κ1) is 18.0. The smallest absolute Gasteiger partial charge is 0.191 e. The zero-order valence-corrected chi connectivity index (χ0v) is 15.9. The molecule has 4 nitrogen and oxygen atoms in total. The van der Waals surface area contributed by atoms with E-state index in [2.05, 4.69) is 20.6 Å². The fraction of sp³-hybridized carbons (Fsp3) is 0.375. The summed E-state index contributed by atoms with van der Waals surface area (Å²) in [5, 5.41) is 8.99. The van der Waals surface area contributed by atoms with Gasteiger partial charge in [-0.1, -0.05) is 29.3 Å². The van der Waals surface area contributed by atoms with Gasteiger partial charge in [-0.2, -0.15) is 0 Å². The Hall–Kier alpha value is -1.30. The monoisotopic (exact) mass is 370 g/mol. The number of hydrogen-bond acceptors (Lipinski definition) is 3. The van der Waals surface area contributed by atoms with Crippen LogP contribution in [0.2, 0.25) is 10.0 Å². The molecular weight excluding hydrogens is 351 g/mol. The van der Waals surface area contributed by atoms with Crippen LogP contribution in [0.15, 0.2) is 23.2 Å². The van der Waals surface area contributed by atoms with Gasteiger partial charge in [-0.05, 0) is 38.5 Å². The van der Waals surface area contributed by atoms with Crippen LogP contribution in [0.3, 0.4) is 0 Å². The van der Waals surface area contributed by atoms with E-state index in [1.165, 1.54) is 4.88 Å². The maximum atomic E-state index is 6.26. The van der Waals surface area contributed by atoms with E-state index < -0.39 is 0 Å². The lowest BCUT2D eigenvalue weighted by atomic mass is 10.1. The molecule has 1 atom stereocenters. The standard InChI is InChI=1S/C16H20Cl2N4S/c1-9(13-6-5-12(17)7-14(13)18)22-16(19-4)20-8-15-10(2)21-11(3)23-15/h5-7,9H,8H2,1-4H3,(H2,19,20,22). The van der Waals surface area contributed by atoms with Crippen molar-refractivity contribution >= 4 is 40.5 Å². The molecule has 0 bridgehead atoms. The topological polar surface area (TPSA) is 49.3 Å². The van der Waals surface area contributed by atoms with Gasteiger partial charge in [0, 0.05) is 22.0 Å². The molecule has 0 fully saturated rings. The van der Waals surface area contributed by atoms with Gasteiger partial charge in [0.1, 0.15) is 0 Å². The van der Waals surface area contributed by atoms with E-state index in [-0.39, 0.29) is 6.04 Å². The van der Waals surface area contributed by atoms with Gasteiger partial charge < -0.3 is 10.6 Å². The number of aryl methyl sites for hydroxylation is 2. The van der Waals surface area contributed by atoms with Crippen LogP contribution in [0.25, 0.3) is 0 Å². The predicted octanol–water partition coefficient (Wildman–Crippen LogP) is 4.49. The van der Waals surface area contributed by atoms with E-state index >= 15 is 0 Å². The molecule has 1 heterocycles. The van der Waals surface area contributed by atoms with Crippen molar-refractivity contribution in [3.8, 4) is 0 Å². The molecule has 1 aromatic carbocycles. The molecule has 0 aliphatic heterocycles. The maximum absolute atomic E-state index is 6.26. The van der Waals surface area contributed by atoms with Crippen molar-refractivity contribution in [3.05, 3.63) is 49.4 Å². The number of guanidine groups is 1. The molecular formula is C16H20Cl2N4S. The van der Waals surface area contributed by atoms with Crippen LogP contribution in [0.5, 0.6) is 0 Å². The first-order valence-corrected chi connectivity index (χ1v) is 8.83. The van der Waals surface area contributed by atoms with Gasteiger partial charge in [0.05, 0.1) is 23.3 Å². The van der Waals surface area contributed by atoms with Crippen molar-refractivity contribution in [2.24, 2.45) is 4.99 Å². The number of nitrogens with zero attached hydrogens (tertiary/aromatic N) is 2. The molecule has 1 unspecified atom stereocenters. The molecule has 23 heavy (non-hydrogen) atoms. The van der Waals surface area contributed by atoms with E-state index in [4.69, 9.17) is 23.2 Å². The van der Waals surface area contributed by atoms with Gasteiger partial charge in [0.2, 0.25) is 0 Å². The van der Waals surface area contributed by atoms with Crippen LogP contribution < -0.4 is 10.6 Å². The molecule has 0 amide bonds. The van der Waals surface area contributed by atoms with Crippen molar-refractivity contribution in [1.29, 1.82) is 0 Å². The summed E-state index contributed by atoms with van der Waals surface area (Å²) in [4.78, 5) is 9.90. The molecule has 2 rings (SSSR count). The fourth-order valence-electron chi connectivity index (χ4n) is 2.23. The maximum Gasteiger partial charge on any atom is 0.191 e. The Labute approximate surface area is 151 Å². The van der Waals surface area contributed by atoms with E-state index in [1.54, 1.807) is 24.5 Å². The minimum atomic E-state index is 0.00950. The summed E-state index contributed by atoms with van der Waals surface area (Å²) in [6.07, 6.45) is 0. The lowest BCUT2D eigenvalue weighted by molar-refractivity contribution is 0.686. The molecule has 2 aromatic rings. The summed E-state index contributed by atoms with van der Waals surface area (Å²) in [6, 6.07) is 5.51. The van der Waals surface area contributed by atoms with Crippen molar-refractivity contribution in [1.82, 2.24) is 15.6 Å². The fourth-order valence-corrected chi connectivity index (χ4v) is 3.68. The molecule has 0 radical (unpaired) electrons. The van der Waals surface area contributed by atoms with Gasteiger partial charge in [-0.25, -0.2) is 4.98 Å². The van der Waals surface area contributed by atoms with E-state index in [0.717, 1.165) is 16.3 Å². The van der Waals surface area contributed by atoms with Gasteiger partial charge in [0.25, 0.3) is 0 Å². The van der Waals surface area contributed by atoms with E-state index in [1.807, 2.05) is 32.9 Å². The molecule has 0 saturated heterocycles. The van der Waals surface area contributed by atoms with Gasteiger partial charge in [-0.15, -0.1) is 11.3 Å². The minimum Gasteiger partial charge on any atom is -0.351 e. The minimum absolute atomic E-state index is 0.00950. The predicted molar refractivity (Wildman–Crippen MR) is 99.8 cm³/mol. The van der Waals surface area contributed by atoms with Crippen LogP contribution in [0.4, 0.5) is 0 Å². The molecule has 0 saturated carbocycles. The van der Waals surface area contributed by atoms with Crippen molar-refractivity contribution in [2.75, 3.05) is 7.05 Å². The van der Waals surface area contributed by atoms with Crippen molar-refractivity contribution < 1.29 is 0 Å². The Bertz CT molecular complexity index is 712. The number of aromatic nitrogens is 1. The van der Waals surface area contributed by atoms with Crippen LogP contribution >= 0.6 is 34.5 Å². The SMILES string of the molecule is CN=C(NCc1sc(C)nc1C)NC(C)c1ccc(Cl)cc1Cl. The van der Waals surface area contributed by atoms with Crippen LogP contribution in [-0.4, -0.2) is 18.0 Å². The second kappa shape index (κ2) is 7.99. The average molecular weight is 371 g/mol. The molecule has 0 aliphatic carbocycles. The van der Waals surface area contributed by atoms with Gasteiger partial charge in [-0.3, -0.25) is 4.99 Å². The molecule has 1 aromatic heterocycles. The number of halogens is 2. The van der Waals surface area contributed by atoms with Crippen molar-refractivity contribution in [3.63, 3.8) is 0 Å². The molecule has 2 N–H and O–H groups in total. The second-order valence-corrected chi connectivity index (χ2v) is 7.33. The zero-order valence-electron chi connectivity index (χ0n) is 13.6. The quantitative estimate of drug-likeness (QED) is 0.615. The van der Waals surface area contributed by atoms with Crippen molar-refractivity contribution in [2.45, 2.75) is 33.4 Å². The highest BCUT2D eigenvalue weighted by atomic mass is 35.5. The number of rotatable bonds is 4. The molecule has 7 heteroatoms. The Kier molecular flexibility index (Phi) is 6.27. The number of benzene rings is 1. The summed E-state index contributed by atoms with van der Waals surface area (Å²) in [5.74, 6) is 0.717. The number of thiazole rings is 1. The summed E-state index contributed by atoms with van der Waals surface area (Å²) in [5.41, 5.74) is 2.04. The Morgan fingerprint density at radius 1 is 1.35 bits per heavy atom. The second-order valence-electron chi connectivity index (χ2n) is 5.20. The number of hydrogen-bond donors (Lipinski definition) is 2. The number of aliphatic imine (C=N–C) groups is 1. The van der Waals surface area contributed by atoms with Crippen LogP contribution in [0, 0.1) is 13.8 Å². The number of nitrogens with one attached hydrogen (secondary N) is 2. The molecule has 0 spiro atoms. The Balaban J connectivity index is 2.00. The van der Waals surface area contributed by atoms with Crippen LogP contribution in [-0.2, 0) is 6.54 Å². The third-order valence-corrected chi connectivity index (χ3v) is 5.06. The third kappa shape index (κ3) is 4.83.